The van der Waals surface area contributed by atoms with E-state index in [4.69, 9.17) is 4.74 Å². The first-order valence-electron chi connectivity index (χ1n) is 7.46. The van der Waals surface area contributed by atoms with E-state index >= 15 is 0 Å². The number of aryl methyl sites for hydroxylation is 1. The Labute approximate surface area is 140 Å². The molecule has 1 aromatic heterocycles. The smallest absolute Gasteiger partial charge is 0.285 e. The molecule has 1 aliphatic rings. The zero-order chi connectivity index (χ0) is 17.3. The molecule has 0 spiro atoms. The Hall–Kier alpha value is -2.48. The quantitative estimate of drug-likeness (QED) is 0.885. The third kappa shape index (κ3) is 3.38. The molecule has 8 heteroatoms. The first-order valence-corrected chi connectivity index (χ1v) is 8.94. The van der Waals surface area contributed by atoms with Crippen LogP contribution in [0.15, 0.2) is 35.2 Å². The van der Waals surface area contributed by atoms with Gasteiger partial charge >= 0.3 is 0 Å². The molecule has 1 aliphatic carbocycles. The minimum absolute atomic E-state index is 0.0189. The lowest BCUT2D eigenvalue weighted by atomic mass is 10.2. The van der Waals surface area contributed by atoms with E-state index in [0.29, 0.717) is 17.4 Å². The number of aromatic nitrogens is 2. The fourth-order valence-electron chi connectivity index (χ4n) is 2.31. The molecule has 1 aromatic carbocycles. The highest BCUT2D eigenvalue weighted by molar-refractivity contribution is 7.90. The van der Waals surface area contributed by atoms with Crippen LogP contribution in [0.3, 0.4) is 0 Å². The lowest BCUT2D eigenvalue weighted by molar-refractivity contribution is 0.0975. The van der Waals surface area contributed by atoms with Crippen molar-refractivity contribution in [2.75, 3.05) is 7.11 Å². The standard InChI is InChI=1S/C16H17N3O4S/c1-10-4-3-5-12(8-10)24(21,22)19-16(20)13-9-14(23-2)15(18-17-13)11-6-7-11/h3-5,8-9,11H,6-7H2,1-2H3,(H,19,20). The molecule has 1 amide bonds. The second-order valence-corrected chi connectivity index (χ2v) is 7.39. The van der Waals surface area contributed by atoms with E-state index in [-0.39, 0.29) is 10.6 Å². The molecule has 1 saturated carbocycles. The zero-order valence-corrected chi connectivity index (χ0v) is 14.1. The normalized spacial score (nSPS) is 14.2. The number of carbonyl (C=O) groups is 1. The molecule has 0 unspecified atom stereocenters. The maximum atomic E-state index is 12.3. The molecule has 24 heavy (non-hydrogen) atoms. The molecule has 2 aromatic rings. The summed E-state index contributed by atoms with van der Waals surface area (Å²) in [5, 5.41) is 7.86. The number of rotatable bonds is 5. The Bertz CT molecular complexity index is 892. The summed E-state index contributed by atoms with van der Waals surface area (Å²) in [6.07, 6.45) is 2.02. The molecule has 1 heterocycles. The molecule has 0 aliphatic heterocycles. The third-order valence-electron chi connectivity index (χ3n) is 3.73. The van der Waals surface area contributed by atoms with E-state index in [0.717, 1.165) is 18.4 Å². The van der Waals surface area contributed by atoms with E-state index in [1.807, 2.05) is 4.72 Å². The van der Waals surface area contributed by atoms with Crippen LogP contribution in [-0.2, 0) is 10.0 Å². The number of nitrogens with zero attached hydrogens (tertiary/aromatic N) is 2. The van der Waals surface area contributed by atoms with Crippen molar-refractivity contribution in [3.05, 3.63) is 47.3 Å². The molecule has 1 N–H and O–H groups in total. The van der Waals surface area contributed by atoms with Crippen molar-refractivity contribution in [3.8, 4) is 5.75 Å². The zero-order valence-electron chi connectivity index (χ0n) is 13.3. The maximum Gasteiger partial charge on any atom is 0.285 e. The monoisotopic (exact) mass is 347 g/mol. The van der Waals surface area contributed by atoms with Gasteiger partial charge in [0.2, 0.25) is 0 Å². The number of methoxy groups -OCH3 is 1. The Balaban J connectivity index is 1.84. The minimum atomic E-state index is -3.97. The Morgan fingerprint density at radius 1 is 1.25 bits per heavy atom. The second-order valence-electron chi connectivity index (χ2n) is 5.71. The second kappa shape index (κ2) is 6.20. The first kappa shape index (κ1) is 16.4. The highest BCUT2D eigenvalue weighted by Crippen LogP contribution is 2.42. The molecule has 0 radical (unpaired) electrons. The van der Waals surface area contributed by atoms with Crippen molar-refractivity contribution in [1.29, 1.82) is 0 Å². The average molecular weight is 347 g/mol. The number of nitrogens with one attached hydrogen (secondary N) is 1. The Morgan fingerprint density at radius 3 is 2.62 bits per heavy atom. The Kier molecular flexibility index (Phi) is 4.23. The van der Waals surface area contributed by atoms with Gasteiger partial charge in [0, 0.05) is 12.0 Å². The molecule has 0 atom stereocenters. The summed E-state index contributed by atoms with van der Waals surface area (Å²) in [5.74, 6) is -0.0872. The van der Waals surface area contributed by atoms with Crippen molar-refractivity contribution in [2.45, 2.75) is 30.6 Å². The van der Waals surface area contributed by atoms with Gasteiger partial charge in [0.1, 0.15) is 11.4 Å². The summed E-state index contributed by atoms with van der Waals surface area (Å²) in [4.78, 5) is 12.3. The molecular formula is C16H17N3O4S. The van der Waals surface area contributed by atoms with Crippen LogP contribution < -0.4 is 9.46 Å². The summed E-state index contributed by atoms with van der Waals surface area (Å²) in [7, 11) is -2.49. The van der Waals surface area contributed by atoms with Crippen LogP contribution in [0.25, 0.3) is 0 Å². The molecule has 3 rings (SSSR count). The lowest BCUT2D eigenvalue weighted by Gasteiger charge is -2.09. The number of carbonyl (C=O) groups excluding carboxylic acids is 1. The molecule has 7 nitrogen and oxygen atoms in total. The largest absolute Gasteiger partial charge is 0.495 e. The highest BCUT2D eigenvalue weighted by Gasteiger charge is 2.30. The molecular weight excluding hydrogens is 330 g/mol. The molecule has 1 fully saturated rings. The van der Waals surface area contributed by atoms with Gasteiger partial charge in [-0.15, -0.1) is 5.10 Å². The van der Waals surface area contributed by atoms with E-state index in [9.17, 15) is 13.2 Å². The van der Waals surface area contributed by atoms with Crippen molar-refractivity contribution in [2.24, 2.45) is 0 Å². The van der Waals surface area contributed by atoms with Crippen molar-refractivity contribution in [3.63, 3.8) is 0 Å². The number of amides is 1. The summed E-state index contributed by atoms with van der Waals surface area (Å²) < 4.78 is 31.8. The minimum Gasteiger partial charge on any atom is -0.495 e. The van der Waals surface area contributed by atoms with Crippen LogP contribution in [0.5, 0.6) is 5.75 Å². The van der Waals surface area contributed by atoms with E-state index in [1.54, 1.807) is 19.1 Å². The first-order chi connectivity index (χ1) is 11.4. The molecule has 0 saturated heterocycles. The summed E-state index contributed by atoms with van der Waals surface area (Å²) in [6.45, 7) is 1.77. The van der Waals surface area contributed by atoms with Gasteiger partial charge in [0.25, 0.3) is 15.9 Å². The SMILES string of the molecule is COc1cc(C(=O)NS(=O)(=O)c2cccc(C)c2)nnc1C1CC1. The molecule has 0 bridgehead atoms. The summed E-state index contributed by atoms with van der Waals surface area (Å²) in [5.41, 5.74) is 1.38. The van der Waals surface area contributed by atoms with Gasteiger partial charge in [-0.25, -0.2) is 13.1 Å². The average Bonchev–Trinajstić information content (AvgIpc) is 3.38. The number of benzene rings is 1. The van der Waals surface area contributed by atoms with Crippen molar-refractivity contribution < 1.29 is 17.9 Å². The van der Waals surface area contributed by atoms with E-state index in [2.05, 4.69) is 10.2 Å². The fraction of sp³-hybridized carbons (Fsp3) is 0.312. The van der Waals surface area contributed by atoms with Crippen LogP contribution in [0, 0.1) is 6.92 Å². The van der Waals surface area contributed by atoms with Crippen LogP contribution in [-0.4, -0.2) is 31.6 Å². The number of sulfonamides is 1. The van der Waals surface area contributed by atoms with Crippen LogP contribution >= 0.6 is 0 Å². The van der Waals surface area contributed by atoms with Gasteiger partial charge in [-0.2, -0.15) is 5.10 Å². The third-order valence-corrected chi connectivity index (χ3v) is 5.06. The van der Waals surface area contributed by atoms with Crippen LogP contribution in [0.4, 0.5) is 0 Å². The van der Waals surface area contributed by atoms with Gasteiger partial charge < -0.3 is 4.74 Å². The topological polar surface area (TPSA) is 98.2 Å². The predicted octanol–water partition coefficient (Wildman–Crippen LogP) is 1.79. The van der Waals surface area contributed by atoms with Crippen LogP contribution in [0.1, 0.15) is 40.5 Å². The Morgan fingerprint density at radius 2 is 2.00 bits per heavy atom. The molecule has 126 valence electrons. The summed E-state index contributed by atoms with van der Waals surface area (Å²) in [6, 6.07) is 7.71. The van der Waals surface area contributed by atoms with Gasteiger partial charge in [0.15, 0.2) is 5.69 Å². The fourth-order valence-corrected chi connectivity index (χ4v) is 3.38. The number of ether oxygens (including phenoxy) is 1. The van der Waals surface area contributed by atoms with E-state index < -0.39 is 15.9 Å². The van der Waals surface area contributed by atoms with Gasteiger partial charge in [-0.3, -0.25) is 4.79 Å². The maximum absolute atomic E-state index is 12.3. The highest BCUT2D eigenvalue weighted by atomic mass is 32.2. The van der Waals surface area contributed by atoms with Crippen LogP contribution in [0.2, 0.25) is 0 Å². The number of hydrogen-bond donors (Lipinski definition) is 1. The van der Waals surface area contributed by atoms with Crippen molar-refractivity contribution >= 4 is 15.9 Å². The van der Waals surface area contributed by atoms with Gasteiger partial charge in [-0.1, -0.05) is 12.1 Å². The van der Waals surface area contributed by atoms with Gasteiger partial charge in [0.05, 0.1) is 12.0 Å². The summed E-state index contributed by atoms with van der Waals surface area (Å²) >= 11 is 0. The van der Waals surface area contributed by atoms with Gasteiger partial charge in [-0.05, 0) is 37.5 Å². The van der Waals surface area contributed by atoms with Crippen molar-refractivity contribution in [1.82, 2.24) is 14.9 Å². The number of hydrogen-bond acceptors (Lipinski definition) is 6. The predicted molar refractivity (Wildman–Crippen MR) is 86.4 cm³/mol. The lowest BCUT2D eigenvalue weighted by Crippen LogP contribution is -2.31. The van der Waals surface area contributed by atoms with E-state index in [1.165, 1.54) is 25.3 Å².